The zero-order valence-electron chi connectivity index (χ0n) is 79.4. The van der Waals surface area contributed by atoms with Crippen molar-refractivity contribution in [1.29, 1.82) is 0 Å². The van der Waals surface area contributed by atoms with Crippen molar-refractivity contribution >= 4 is 33.2 Å². The Bertz CT molecular complexity index is 8400. The van der Waals surface area contributed by atoms with E-state index in [4.69, 9.17) is 0 Å². The van der Waals surface area contributed by atoms with Gasteiger partial charge in [-0.15, -0.1) is 0 Å². The first-order valence-electron chi connectivity index (χ1n) is 47.9. The molecule has 23 rings (SSSR count). The minimum Gasteiger partial charge on any atom is -0.0925 e. The largest absolute Gasteiger partial charge is 0.0925 e. The number of rotatable bonds is 12. The monoisotopic (exact) mass is 1770 g/mol. The molecule has 19 aromatic carbocycles. The van der Waals surface area contributed by atoms with Gasteiger partial charge >= 0.3 is 0 Å². The predicted octanol–water partition coefficient (Wildman–Crippen LogP) is 33.5. The lowest BCUT2D eigenvalue weighted by Gasteiger charge is -2.23. The second-order valence-corrected chi connectivity index (χ2v) is 37.1. The number of hydrogen-bond acceptors (Lipinski definition) is 0. The first-order chi connectivity index (χ1) is 68.7. The van der Waals surface area contributed by atoms with Gasteiger partial charge in [-0.25, -0.2) is 0 Å². The van der Waals surface area contributed by atoms with E-state index in [0.29, 0.717) is 0 Å². The van der Waals surface area contributed by atoms with Crippen molar-refractivity contribution in [2.45, 2.75) is 77.0 Å². The molecule has 0 bridgehead atoms. The highest BCUT2D eigenvalue weighted by atomic mass is 14.5. The molecule has 0 aliphatic heterocycles. The summed E-state index contributed by atoms with van der Waals surface area (Å²) in [6.07, 6.45) is 2.31. The first kappa shape index (κ1) is 87.3. The highest BCUT2D eigenvalue weighted by Crippen LogP contribution is 2.57. The summed E-state index contributed by atoms with van der Waals surface area (Å²) in [6.45, 7) is 16.3. The Morgan fingerprint density at radius 1 is 0.179 bits per heavy atom. The normalized spacial score (nSPS) is 15.5. The van der Waals surface area contributed by atoms with Crippen LogP contribution >= 0.6 is 0 Å². The van der Waals surface area contributed by atoms with Crippen LogP contribution in [0.5, 0.6) is 0 Å². The molecular weight excluding hydrogens is 1680 g/mol. The molecule has 0 amide bonds. The number of fused-ring (bicyclic) bond motifs is 14. The summed E-state index contributed by atoms with van der Waals surface area (Å²) < 4.78 is 0. The fourth-order valence-corrected chi connectivity index (χ4v) is 21.8. The Labute approximate surface area is 823 Å². The molecule has 0 spiro atoms. The van der Waals surface area contributed by atoms with Gasteiger partial charge in [0.1, 0.15) is 0 Å². The maximum atomic E-state index is 3.67. The van der Waals surface area contributed by atoms with Crippen LogP contribution in [0.3, 0.4) is 0 Å². The Kier molecular flexibility index (Phi) is 22.8. The van der Waals surface area contributed by atoms with E-state index in [2.05, 4.69) is 547 Å². The summed E-state index contributed by atoms with van der Waals surface area (Å²) in [4.78, 5) is 0. The zero-order chi connectivity index (χ0) is 95.1. The molecule has 19 aromatic rings. The smallest absolute Gasteiger partial charge is 0.0806 e. The summed E-state index contributed by atoms with van der Waals surface area (Å²) in [5.74, 6) is 51.3. The third-order valence-electron chi connectivity index (χ3n) is 28.9. The quantitative estimate of drug-likeness (QED) is 0.0650. The van der Waals surface area contributed by atoms with Gasteiger partial charge in [-0.05, 0) is 396 Å². The van der Waals surface area contributed by atoms with Gasteiger partial charge in [0.2, 0.25) is 0 Å². The highest BCUT2D eigenvalue weighted by Gasteiger charge is 2.44. The molecule has 4 aliphatic carbocycles. The molecule has 0 aromatic heterocycles. The van der Waals surface area contributed by atoms with E-state index < -0.39 is 21.7 Å². The van der Waals surface area contributed by atoms with Crippen LogP contribution < -0.4 is 0 Å². The van der Waals surface area contributed by atoms with Crippen molar-refractivity contribution in [2.24, 2.45) is 0 Å². The SMILES string of the molecule is C(=C(c1ccccc1)c1ccccc1)c1ccc(-c2c3ccccc3c(-c3cc(-c4ccc(-c5ccccc5)cc4)cc(-c4ccc(-c5ccccc5)cc4)c3)c3ccccc23)cc1.CC#CC#CC1(C)c2ccccc2-c2ccc(-c3ccc4c(c3)C(C)(C#CC#CC)c3cc(-c5ccc6c(c5)C(C)(C#CC#CC)c5cc(-c7ccc8c(c7)C(C)(C#CC#CC)c7ccccc7-8)ccc5-6)ccc3-4)cc21. The summed E-state index contributed by atoms with van der Waals surface area (Å²) >= 11 is 0. The van der Waals surface area contributed by atoms with Crippen LogP contribution in [-0.2, 0) is 21.7 Å². The van der Waals surface area contributed by atoms with Gasteiger partial charge in [-0.3, -0.25) is 0 Å². The Hall–Kier alpha value is -18.1. The Balaban J connectivity index is 0.000000163. The second kappa shape index (κ2) is 36.6. The molecular formula is C140H94. The molecule has 0 saturated carbocycles. The van der Waals surface area contributed by atoms with Crippen LogP contribution in [0.1, 0.15) is 117 Å². The third-order valence-corrected chi connectivity index (χ3v) is 28.9. The lowest BCUT2D eigenvalue weighted by Crippen LogP contribution is -2.19. The average molecular weight is 1780 g/mol. The fourth-order valence-electron chi connectivity index (χ4n) is 21.8. The van der Waals surface area contributed by atoms with E-state index in [1.54, 1.807) is 0 Å². The van der Waals surface area contributed by atoms with E-state index in [1.807, 2.05) is 27.7 Å². The molecule has 0 heteroatoms. The van der Waals surface area contributed by atoms with E-state index in [0.717, 1.165) is 38.9 Å². The molecule has 0 heterocycles. The van der Waals surface area contributed by atoms with Crippen molar-refractivity contribution in [3.63, 3.8) is 0 Å². The standard InChI is InChI=1S/C76H50.C64H44/c1-9-13-21-41-73(5)65-27-19-17-25-57(65)59-35-29-51(45-67(59)73)53-31-37-61-63-39-33-55(49-71(63)75(7,69(61)47-53)43-23-15-11-3)56-34-40-64-62-38-32-54(48-70(62)76(8,72(64)50-56)44-24-16-12-4)52-30-36-60-58-26-18-20-28-66(58)74(6,68(60)46-52)42-22-14-10-2;1-5-17-46(18-6-1)48-33-37-50(38-34-48)55-42-56(51-39-35-49(36-40-51)47-19-7-2-8-20-47)44-57(43-55)64-60-27-15-13-25-58(60)63(59-26-14-16-28-61(59)64)54-31-29-45(30-32-54)41-62(52-21-9-3-10-22-52)53-23-11-4-12-24-53/h17-20,25-40,45-50H,1-8H3;1-44H. The van der Waals surface area contributed by atoms with Crippen LogP contribution in [0.2, 0.25) is 0 Å². The number of hydrogen-bond donors (Lipinski definition) is 0. The molecule has 0 N–H and O–H groups in total. The minimum atomic E-state index is -0.636. The molecule has 0 nitrogen and oxygen atoms in total. The van der Waals surface area contributed by atoms with Crippen LogP contribution in [0.4, 0.5) is 0 Å². The lowest BCUT2D eigenvalue weighted by atomic mass is 9.78. The minimum absolute atomic E-state index is 0.495. The van der Waals surface area contributed by atoms with Gasteiger partial charge in [0, 0.05) is 0 Å². The van der Waals surface area contributed by atoms with Crippen LogP contribution in [0.25, 0.3) is 178 Å². The molecule has 0 saturated heterocycles. The maximum absolute atomic E-state index is 3.67. The van der Waals surface area contributed by atoms with Crippen molar-refractivity contribution in [1.82, 2.24) is 0 Å². The third kappa shape index (κ3) is 15.6. The molecule has 4 atom stereocenters. The molecule has 0 radical (unpaired) electrons. The Morgan fingerprint density at radius 3 is 0.700 bits per heavy atom. The molecule has 4 unspecified atom stereocenters. The van der Waals surface area contributed by atoms with Crippen molar-refractivity contribution in [3.8, 4) is 239 Å². The van der Waals surface area contributed by atoms with Crippen molar-refractivity contribution in [3.05, 3.63) is 480 Å². The van der Waals surface area contributed by atoms with Gasteiger partial charge in [-0.2, -0.15) is 0 Å². The van der Waals surface area contributed by atoms with Gasteiger partial charge in [0.15, 0.2) is 0 Å². The van der Waals surface area contributed by atoms with Gasteiger partial charge in [0.05, 0.1) is 21.7 Å². The van der Waals surface area contributed by atoms with Crippen molar-refractivity contribution < 1.29 is 0 Å². The zero-order valence-corrected chi connectivity index (χ0v) is 79.4. The van der Waals surface area contributed by atoms with Crippen LogP contribution in [-0.4, -0.2) is 0 Å². The first-order valence-corrected chi connectivity index (χ1v) is 47.9. The maximum Gasteiger partial charge on any atom is 0.0806 e. The van der Waals surface area contributed by atoms with Gasteiger partial charge in [0.25, 0.3) is 0 Å². The fraction of sp³-hybridized carbons (Fsp3) is 0.0857. The summed E-state index contributed by atoms with van der Waals surface area (Å²) in [7, 11) is 0. The average Bonchev–Trinajstić information content (AvgIpc) is 1.51. The molecule has 654 valence electrons. The van der Waals surface area contributed by atoms with Gasteiger partial charge < -0.3 is 0 Å². The van der Waals surface area contributed by atoms with E-state index >= 15 is 0 Å². The van der Waals surface area contributed by atoms with Gasteiger partial charge in [-0.1, -0.05) is 411 Å². The van der Waals surface area contributed by atoms with Crippen LogP contribution in [0.15, 0.2) is 419 Å². The summed E-state index contributed by atoms with van der Waals surface area (Å²) in [5.41, 5.74) is 42.9. The Morgan fingerprint density at radius 2 is 0.400 bits per heavy atom. The summed E-state index contributed by atoms with van der Waals surface area (Å²) in [6, 6.07) is 153. The van der Waals surface area contributed by atoms with Crippen molar-refractivity contribution in [2.75, 3.05) is 0 Å². The lowest BCUT2D eigenvalue weighted by molar-refractivity contribution is 0.777. The summed E-state index contributed by atoms with van der Waals surface area (Å²) in [5, 5.41) is 4.94. The molecule has 140 heavy (non-hydrogen) atoms. The van der Waals surface area contributed by atoms with E-state index in [9.17, 15) is 0 Å². The van der Waals surface area contributed by atoms with Crippen LogP contribution in [0, 0.1) is 94.7 Å². The number of benzene rings is 19. The topological polar surface area (TPSA) is 0 Å². The second-order valence-electron chi connectivity index (χ2n) is 37.1. The molecule has 4 aliphatic rings. The van der Waals surface area contributed by atoms with E-state index in [1.165, 1.54) is 194 Å². The molecule has 0 fully saturated rings. The predicted molar refractivity (Wildman–Crippen MR) is 589 cm³/mol. The van der Waals surface area contributed by atoms with E-state index in [-0.39, 0.29) is 0 Å². The highest BCUT2D eigenvalue weighted by molar-refractivity contribution is 6.22.